The average molecular weight is 525 g/mol. The molecule has 0 aromatic heterocycles. The van der Waals surface area contributed by atoms with Gasteiger partial charge in [-0.2, -0.15) is 0 Å². The number of nitrogens with one attached hydrogen (secondary N) is 2. The lowest BCUT2D eigenvalue weighted by Gasteiger charge is -2.18. The maximum absolute atomic E-state index is 11.9. The minimum atomic E-state index is -0.436. The lowest BCUT2D eigenvalue weighted by molar-refractivity contribution is 0.124. The predicted molar refractivity (Wildman–Crippen MR) is 150 cm³/mol. The molecule has 0 spiro atoms. The van der Waals surface area contributed by atoms with Crippen LogP contribution in [0.1, 0.15) is 52.0 Å². The van der Waals surface area contributed by atoms with Crippen molar-refractivity contribution in [3.63, 3.8) is 0 Å². The van der Waals surface area contributed by atoms with Gasteiger partial charge in [0.2, 0.25) is 0 Å². The highest BCUT2D eigenvalue weighted by molar-refractivity contribution is 6.11. The Bertz CT molecular complexity index is 1200. The summed E-state index contributed by atoms with van der Waals surface area (Å²) in [6, 6.07) is 14.1. The number of carbonyl (C=O) groups excluding carboxylic acids is 2. The molecule has 0 aliphatic heterocycles. The first-order chi connectivity index (χ1) is 18.6. The molecule has 2 N–H and O–H groups in total. The van der Waals surface area contributed by atoms with Gasteiger partial charge in [0, 0.05) is 34.6 Å². The molecule has 0 aliphatic rings. The summed E-state index contributed by atoms with van der Waals surface area (Å²) in [4.78, 5) is 23.7. The van der Waals surface area contributed by atoms with Crippen LogP contribution in [0.15, 0.2) is 42.5 Å². The van der Waals surface area contributed by atoms with Crippen LogP contribution in [0.2, 0.25) is 0 Å². The topological polar surface area (TPSA) is 95.1 Å². The Morgan fingerprint density at radius 3 is 1.66 bits per heavy atom. The number of hydrogen-bond donors (Lipinski definition) is 2. The van der Waals surface area contributed by atoms with E-state index >= 15 is 0 Å². The van der Waals surface area contributed by atoms with Gasteiger partial charge in [0.15, 0.2) is 0 Å². The van der Waals surface area contributed by atoms with Gasteiger partial charge in [0.05, 0.1) is 0 Å². The predicted octanol–water partition coefficient (Wildman–Crippen LogP) is 6.37. The van der Waals surface area contributed by atoms with Crippen molar-refractivity contribution in [2.24, 2.45) is 0 Å². The van der Waals surface area contributed by atoms with E-state index in [9.17, 15) is 9.59 Å². The lowest BCUT2D eigenvalue weighted by Crippen LogP contribution is -2.26. The largest absolute Gasteiger partial charge is 0.489 e. The van der Waals surface area contributed by atoms with Gasteiger partial charge < -0.3 is 29.6 Å². The smallest absolute Gasteiger partial charge is 0.407 e. The van der Waals surface area contributed by atoms with Crippen LogP contribution in [0.4, 0.5) is 9.59 Å². The van der Waals surface area contributed by atoms with Gasteiger partial charge in [0.1, 0.15) is 37.9 Å². The molecule has 0 fully saturated rings. The zero-order chi connectivity index (χ0) is 27.2. The monoisotopic (exact) mass is 524 g/mol. The summed E-state index contributed by atoms with van der Waals surface area (Å²) in [6.45, 7) is 8.15. The van der Waals surface area contributed by atoms with E-state index in [4.69, 9.17) is 18.9 Å². The summed E-state index contributed by atoms with van der Waals surface area (Å²) >= 11 is 0. The first kappa shape index (κ1) is 28.9. The van der Waals surface area contributed by atoms with E-state index in [0.717, 1.165) is 59.4 Å². The van der Waals surface area contributed by atoms with Crippen LogP contribution in [0.25, 0.3) is 21.5 Å². The second kappa shape index (κ2) is 15.5. The fraction of sp³-hybridized carbons (Fsp3) is 0.467. The Hall–Kier alpha value is -3.68. The summed E-state index contributed by atoms with van der Waals surface area (Å²) in [7, 11) is 0. The van der Waals surface area contributed by atoms with E-state index in [1.165, 1.54) is 5.56 Å². The third kappa shape index (κ3) is 8.16. The fourth-order valence-corrected chi connectivity index (χ4v) is 4.07. The molecule has 3 aromatic rings. The molecule has 3 rings (SSSR count). The van der Waals surface area contributed by atoms with Crippen LogP contribution in [0.3, 0.4) is 0 Å². The summed E-state index contributed by atoms with van der Waals surface area (Å²) in [6.07, 6.45) is 3.84. The van der Waals surface area contributed by atoms with E-state index in [-0.39, 0.29) is 26.4 Å². The Morgan fingerprint density at radius 1 is 0.658 bits per heavy atom. The molecule has 0 saturated heterocycles. The standard InChI is InChI=1S/C30H40N2O6/c1-4-7-15-31-29(33)37-19-17-35-27-23-11-9-10-12-24(23)28(26-21-22(6-3)13-14-25(26)27)36-18-20-38-30(34)32-16-8-5-2/h9-14,21H,4-8,15-20H2,1-3H3,(H,31,33)(H,32,34). The van der Waals surface area contributed by atoms with Crippen LogP contribution >= 0.6 is 0 Å². The third-order valence-electron chi connectivity index (χ3n) is 6.12. The summed E-state index contributed by atoms with van der Waals surface area (Å²) in [5, 5.41) is 9.09. The van der Waals surface area contributed by atoms with Crippen molar-refractivity contribution in [3.8, 4) is 11.5 Å². The Labute approximate surface area is 225 Å². The molecular weight excluding hydrogens is 484 g/mol. The van der Waals surface area contributed by atoms with E-state index in [1.54, 1.807) is 0 Å². The zero-order valence-corrected chi connectivity index (χ0v) is 22.8. The van der Waals surface area contributed by atoms with Gasteiger partial charge in [-0.1, -0.05) is 70.0 Å². The molecule has 8 nitrogen and oxygen atoms in total. The van der Waals surface area contributed by atoms with Gasteiger partial charge in [-0.15, -0.1) is 0 Å². The second-order valence-corrected chi connectivity index (χ2v) is 8.97. The van der Waals surface area contributed by atoms with Gasteiger partial charge >= 0.3 is 12.2 Å². The molecule has 38 heavy (non-hydrogen) atoms. The van der Waals surface area contributed by atoms with Crippen LogP contribution in [-0.2, 0) is 15.9 Å². The van der Waals surface area contributed by atoms with Crippen molar-refractivity contribution in [2.45, 2.75) is 52.9 Å². The molecule has 0 atom stereocenters. The van der Waals surface area contributed by atoms with E-state index in [2.05, 4.69) is 43.5 Å². The molecule has 0 unspecified atom stereocenters. The minimum Gasteiger partial charge on any atom is -0.489 e. The number of rotatable bonds is 15. The first-order valence-corrected chi connectivity index (χ1v) is 13.6. The highest BCUT2D eigenvalue weighted by Crippen LogP contribution is 2.43. The number of carbonyl (C=O) groups is 2. The number of alkyl carbamates (subject to hydrolysis) is 2. The number of hydrogen-bond acceptors (Lipinski definition) is 6. The van der Waals surface area contributed by atoms with E-state index < -0.39 is 12.2 Å². The molecule has 0 aliphatic carbocycles. The zero-order valence-electron chi connectivity index (χ0n) is 22.8. The van der Waals surface area contributed by atoms with Crippen molar-refractivity contribution in [1.82, 2.24) is 10.6 Å². The van der Waals surface area contributed by atoms with Crippen LogP contribution in [0.5, 0.6) is 11.5 Å². The number of amides is 2. The van der Waals surface area contributed by atoms with E-state index in [1.807, 2.05) is 30.3 Å². The molecule has 8 heteroatoms. The molecular formula is C30H40N2O6. The molecule has 2 amide bonds. The summed E-state index contributed by atoms with van der Waals surface area (Å²) in [5.74, 6) is 1.44. The molecule has 0 heterocycles. The maximum Gasteiger partial charge on any atom is 0.407 e. The lowest BCUT2D eigenvalue weighted by atomic mass is 9.98. The molecule has 0 bridgehead atoms. The average Bonchev–Trinajstić information content (AvgIpc) is 2.93. The maximum atomic E-state index is 11.9. The second-order valence-electron chi connectivity index (χ2n) is 8.97. The quantitative estimate of drug-likeness (QED) is 0.177. The number of aryl methyl sites for hydroxylation is 1. The first-order valence-electron chi connectivity index (χ1n) is 13.6. The highest BCUT2D eigenvalue weighted by atomic mass is 16.6. The van der Waals surface area contributed by atoms with Gasteiger partial charge in [-0.05, 0) is 30.9 Å². The summed E-state index contributed by atoms with van der Waals surface area (Å²) < 4.78 is 23.0. The third-order valence-corrected chi connectivity index (χ3v) is 6.12. The number of benzene rings is 3. The van der Waals surface area contributed by atoms with E-state index in [0.29, 0.717) is 18.8 Å². The van der Waals surface area contributed by atoms with Crippen molar-refractivity contribution < 1.29 is 28.5 Å². The van der Waals surface area contributed by atoms with Crippen LogP contribution in [0, 0.1) is 0 Å². The molecule has 206 valence electrons. The molecule has 3 aromatic carbocycles. The van der Waals surface area contributed by atoms with Crippen molar-refractivity contribution in [3.05, 3.63) is 48.0 Å². The summed E-state index contributed by atoms with van der Waals surface area (Å²) in [5.41, 5.74) is 1.17. The number of unbranched alkanes of at least 4 members (excludes halogenated alkanes) is 2. The molecule has 0 radical (unpaired) electrons. The van der Waals surface area contributed by atoms with Gasteiger partial charge in [-0.3, -0.25) is 0 Å². The Kier molecular flexibility index (Phi) is 11.8. The van der Waals surface area contributed by atoms with Crippen LogP contribution in [-0.4, -0.2) is 51.7 Å². The van der Waals surface area contributed by atoms with Gasteiger partial charge in [-0.25, -0.2) is 9.59 Å². The van der Waals surface area contributed by atoms with Crippen LogP contribution < -0.4 is 20.1 Å². The fourth-order valence-electron chi connectivity index (χ4n) is 4.07. The van der Waals surface area contributed by atoms with Crippen molar-refractivity contribution in [2.75, 3.05) is 39.5 Å². The Morgan fingerprint density at radius 2 is 1.16 bits per heavy atom. The highest BCUT2D eigenvalue weighted by Gasteiger charge is 2.17. The van der Waals surface area contributed by atoms with Crippen molar-refractivity contribution >= 4 is 33.7 Å². The minimum absolute atomic E-state index is 0.136. The van der Waals surface area contributed by atoms with Crippen molar-refractivity contribution in [1.29, 1.82) is 0 Å². The number of ether oxygens (including phenoxy) is 4. The SMILES string of the molecule is CCCCNC(=O)OCCOc1c2ccccc2c(OCCOC(=O)NCCCC)c2cc(CC)ccc12. The molecule has 0 saturated carbocycles. The van der Waals surface area contributed by atoms with Gasteiger partial charge in [0.25, 0.3) is 0 Å². The normalized spacial score (nSPS) is 10.8. The Balaban J connectivity index is 1.77. The number of fused-ring (bicyclic) bond motifs is 2.